The van der Waals surface area contributed by atoms with Crippen molar-refractivity contribution in [2.75, 3.05) is 13.7 Å². The number of alkyl halides is 3. The van der Waals surface area contributed by atoms with Gasteiger partial charge in [0.2, 0.25) is 5.91 Å². The van der Waals surface area contributed by atoms with Gasteiger partial charge in [-0.1, -0.05) is 24.3 Å². The van der Waals surface area contributed by atoms with Crippen LogP contribution in [0.25, 0.3) is 0 Å². The van der Waals surface area contributed by atoms with Crippen LogP contribution in [-0.4, -0.2) is 25.6 Å². The lowest BCUT2D eigenvalue weighted by Crippen LogP contribution is -2.43. The minimum Gasteiger partial charge on any atom is -0.497 e. The van der Waals surface area contributed by atoms with Crippen molar-refractivity contribution in [3.05, 3.63) is 65.2 Å². The van der Waals surface area contributed by atoms with E-state index in [0.29, 0.717) is 18.5 Å². The molecule has 7 heteroatoms. The Balaban J connectivity index is 1.80. The fraction of sp³-hybridized carbons (Fsp3) is 0.381. The van der Waals surface area contributed by atoms with E-state index < -0.39 is 17.8 Å². The molecule has 2 rings (SSSR count). The van der Waals surface area contributed by atoms with Gasteiger partial charge in [-0.15, -0.1) is 0 Å². The standard InChI is InChI=1S/C21H25F3N2O2/c1-14(17-6-8-18(9-7-17)21(22,23)24)26-15(2)20(27)25-13-12-16-4-10-19(28-3)11-5-16/h4-11,14-15,26H,12-13H2,1-3H3,(H,25,27). The quantitative estimate of drug-likeness (QED) is 0.708. The lowest BCUT2D eigenvalue weighted by Gasteiger charge is -2.20. The Labute approximate surface area is 163 Å². The monoisotopic (exact) mass is 394 g/mol. The van der Waals surface area contributed by atoms with E-state index in [1.54, 1.807) is 14.0 Å². The molecule has 2 aromatic rings. The number of carbonyl (C=O) groups is 1. The minimum atomic E-state index is -4.35. The average molecular weight is 394 g/mol. The van der Waals surface area contributed by atoms with Crippen molar-refractivity contribution in [1.29, 1.82) is 0 Å². The van der Waals surface area contributed by atoms with Crippen LogP contribution in [0.3, 0.4) is 0 Å². The van der Waals surface area contributed by atoms with Gasteiger partial charge >= 0.3 is 6.18 Å². The van der Waals surface area contributed by atoms with E-state index in [1.807, 2.05) is 31.2 Å². The Kier molecular flexibility index (Phi) is 7.45. The number of benzene rings is 2. The van der Waals surface area contributed by atoms with Crippen molar-refractivity contribution in [3.63, 3.8) is 0 Å². The zero-order chi connectivity index (χ0) is 20.7. The number of ether oxygens (including phenoxy) is 1. The first-order chi connectivity index (χ1) is 13.2. The molecule has 0 aliphatic heterocycles. The van der Waals surface area contributed by atoms with E-state index in [4.69, 9.17) is 4.74 Å². The van der Waals surface area contributed by atoms with Crippen LogP contribution in [0.2, 0.25) is 0 Å². The van der Waals surface area contributed by atoms with Gasteiger partial charge in [0.05, 0.1) is 18.7 Å². The van der Waals surface area contributed by atoms with E-state index in [1.165, 1.54) is 12.1 Å². The van der Waals surface area contributed by atoms with Crippen LogP contribution in [-0.2, 0) is 17.4 Å². The molecule has 0 spiro atoms. The molecule has 0 fully saturated rings. The molecule has 0 bridgehead atoms. The summed E-state index contributed by atoms with van der Waals surface area (Å²) in [5.74, 6) is 0.620. The normalized spacial score (nSPS) is 13.6. The number of hydrogen-bond acceptors (Lipinski definition) is 3. The molecule has 0 aromatic heterocycles. The summed E-state index contributed by atoms with van der Waals surface area (Å²) < 4.78 is 43.0. The van der Waals surface area contributed by atoms with Crippen molar-refractivity contribution in [1.82, 2.24) is 10.6 Å². The molecule has 0 radical (unpaired) electrons. The lowest BCUT2D eigenvalue weighted by molar-refractivity contribution is -0.137. The number of methoxy groups -OCH3 is 1. The van der Waals surface area contributed by atoms with E-state index in [0.717, 1.165) is 23.4 Å². The van der Waals surface area contributed by atoms with Gasteiger partial charge in [0.25, 0.3) is 0 Å². The molecule has 2 unspecified atom stereocenters. The third-order valence-electron chi connectivity index (χ3n) is 4.50. The van der Waals surface area contributed by atoms with Crippen molar-refractivity contribution in [2.45, 2.75) is 38.5 Å². The first kappa shape index (κ1) is 21.8. The van der Waals surface area contributed by atoms with E-state index in [2.05, 4.69) is 10.6 Å². The van der Waals surface area contributed by atoms with E-state index in [-0.39, 0.29) is 11.9 Å². The van der Waals surface area contributed by atoms with Crippen molar-refractivity contribution in [3.8, 4) is 5.75 Å². The summed E-state index contributed by atoms with van der Waals surface area (Å²) in [6.45, 7) is 4.03. The molecule has 2 aromatic carbocycles. The number of amides is 1. The highest BCUT2D eigenvalue weighted by atomic mass is 19.4. The van der Waals surface area contributed by atoms with E-state index >= 15 is 0 Å². The zero-order valence-electron chi connectivity index (χ0n) is 16.1. The molecule has 0 saturated heterocycles. The second-order valence-electron chi connectivity index (χ2n) is 6.62. The number of nitrogens with one attached hydrogen (secondary N) is 2. The summed E-state index contributed by atoms with van der Waals surface area (Å²) in [6.07, 6.45) is -3.66. The third-order valence-corrected chi connectivity index (χ3v) is 4.50. The maximum absolute atomic E-state index is 12.6. The van der Waals surface area contributed by atoms with Gasteiger partial charge in [0.1, 0.15) is 5.75 Å². The topological polar surface area (TPSA) is 50.4 Å². The molecular weight excluding hydrogens is 369 g/mol. The molecule has 0 aliphatic carbocycles. The Hall–Kier alpha value is -2.54. The lowest BCUT2D eigenvalue weighted by atomic mass is 10.0. The summed E-state index contributed by atoms with van der Waals surface area (Å²) in [7, 11) is 1.61. The van der Waals surface area contributed by atoms with Crippen LogP contribution in [0.1, 0.15) is 36.6 Å². The van der Waals surface area contributed by atoms with Crippen molar-refractivity contribution >= 4 is 5.91 Å². The first-order valence-electron chi connectivity index (χ1n) is 9.04. The largest absolute Gasteiger partial charge is 0.497 e. The Morgan fingerprint density at radius 1 is 1.04 bits per heavy atom. The highest BCUT2D eigenvalue weighted by Crippen LogP contribution is 2.29. The maximum atomic E-state index is 12.6. The number of carbonyl (C=O) groups excluding carboxylic acids is 1. The SMILES string of the molecule is COc1ccc(CCNC(=O)C(C)NC(C)c2ccc(C(F)(F)F)cc2)cc1. The van der Waals surface area contributed by atoms with Crippen molar-refractivity contribution in [2.24, 2.45) is 0 Å². The van der Waals surface area contributed by atoms with Gasteiger partial charge < -0.3 is 10.1 Å². The highest BCUT2D eigenvalue weighted by molar-refractivity contribution is 5.81. The van der Waals surface area contributed by atoms with Gasteiger partial charge in [-0.05, 0) is 55.7 Å². The second-order valence-corrected chi connectivity index (χ2v) is 6.62. The molecule has 4 nitrogen and oxygen atoms in total. The predicted octanol–water partition coefficient (Wildman–Crippen LogP) is 4.11. The van der Waals surface area contributed by atoms with E-state index in [9.17, 15) is 18.0 Å². The molecule has 2 N–H and O–H groups in total. The van der Waals surface area contributed by atoms with Gasteiger partial charge in [-0.2, -0.15) is 13.2 Å². The highest BCUT2D eigenvalue weighted by Gasteiger charge is 2.30. The summed E-state index contributed by atoms with van der Waals surface area (Å²) in [5, 5.41) is 5.97. The second kappa shape index (κ2) is 9.59. The summed E-state index contributed by atoms with van der Waals surface area (Å²) >= 11 is 0. The molecule has 0 aliphatic rings. The van der Waals surface area contributed by atoms with Gasteiger partial charge in [0.15, 0.2) is 0 Å². The Morgan fingerprint density at radius 3 is 2.18 bits per heavy atom. The minimum absolute atomic E-state index is 0.160. The van der Waals surface area contributed by atoms with Crippen LogP contribution < -0.4 is 15.4 Å². The molecule has 0 heterocycles. The Bertz CT molecular complexity index is 759. The third kappa shape index (κ3) is 6.27. The van der Waals surface area contributed by atoms with Crippen LogP contribution in [0.4, 0.5) is 13.2 Å². The molecule has 28 heavy (non-hydrogen) atoms. The van der Waals surface area contributed by atoms with Crippen molar-refractivity contribution < 1.29 is 22.7 Å². The molecule has 0 saturated carbocycles. The van der Waals surface area contributed by atoms with Gasteiger partial charge in [-0.25, -0.2) is 0 Å². The molecule has 1 amide bonds. The average Bonchev–Trinajstić information content (AvgIpc) is 2.67. The van der Waals surface area contributed by atoms with Crippen LogP contribution in [0.15, 0.2) is 48.5 Å². The van der Waals surface area contributed by atoms with Gasteiger partial charge in [-0.3, -0.25) is 10.1 Å². The van der Waals surface area contributed by atoms with Crippen LogP contribution in [0, 0.1) is 0 Å². The maximum Gasteiger partial charge on any atom is 0.416 e. The molecule has 2 atom stereocenters. The zero-order valence-corrected chi connectivity index (χ0v) is 16.1. The number of hydrogen-bond donors (Lipinski definition) is 2. The van der Waals surface area contributed by atoms with Crippen LogP contribution in [0.5, 0.6) is 5.75 Å². The smallest absolute Gasteiger partial charge is 0.416 e. The number of rotatable bonds is 8. The fourth-order valence-electron chi connectivity index (χ4n) is 2.78. The summed E-state index contributed by atoms with van der Waals surface area (Å²) in [6, 6.07) is 11.8. The van der Waals surface area contributed by atoms with Crippen LogP contribution >= 0.6 is 0 Å². The number of halogens is 3. The summed E-state index contributed by atoms with van der Waals surface area (Å²) in [4.78, 5) is 12.2. The summed E-state index contributed by atoms with van der Waals surface area (Å²) in [5.41, 5.74) is 1.08. The molecule has 152 valence electrons. The fourth-order valence-corrected chi connectivity index (χ4v) is 2.78. The Morgan fingerprint density at radius 2 is 1.64 bits per heavy atom. The first-order valence-corrected chi connectivity index (χ1v) is 9.04. The predicted molar refractivity (Wildman–Crippen MR) is 102 cm³/mol. The molecular formula is C21H25F3N2O2. The van der Waals surface area contributed by atoms with Gasteiger partial charge in [0, 0.05) is 12.6 Å².